The van der Waals surface area contributed by atoms with Crippen LogP contribution in [0.4, 0.5) is 4.39 Å². The third-order valence-corrected chi connectivity index (χ3v) is 9.82. The molecule has 0 saturated carbocycles. The zero-order valence-corrected chi connectivity index (χ0v) is 21.5. The van der Waals surface area contributed by atoms with Crippen LogP contribution in [0.5, 0.6) is 5.75 Å². The number of hydrogen-bond acceptors (Lipinski definition) is 5. The Balaban J connectivity index is 2.15. The molecule has 31 heavy (non-hydrogen) atoms. The second-order valence-electron chi connectivity index (χ2n) is 7.81. The summed E-state index contributed by atoms with van der Waals surface area (Å²) < 4.78 is 47.5. The highest BCUT2D eigenvalue weighted by Gasteiger charge is 2.41. The van der Waals surface area contributed by atoms with Crippen molar-refractivity contribution in [2.45, 2.75) is 52.0 Å². The molecule has 0 radical (unpaired) electrons. The van der Waals surface area contributed by atoms with E-state index in [4.69, 9.17) is 13.8 Å². The van der Waals surface area contributed by atoms with Crippen molar-refractivity contribution in [2.24, 2.45) is 0 Å². The maximum absolute atomic E-state index is 14.4. The molecular formula is C23H27BrFO4PS. The number of hydrogen-bond donors (Lipinski definition) is 0. The minimum Gasteiger partial charge on any atom is -0.494 e. The van der Waals surface area contributed by atoms with E-state index >= 15 is 0 Å². The van der Waals surface area contributed by atoms with E-state index in [0.717, 1.165) is 19.4 Å². The van der Waals surface area contributed by atoms with Crippen LogP contribution in [0.2, 0.25) is 0 Å². The molecule has 0 amide bonds. The topological polar surface area (TPSA) is 44.8 Å². The van der Waals surface area contributed by atoms with Crippen molar-refractivity contribution in [3.63, 3.8) is 0 Å². The first-order valence-corrected chi connectivity index (χ1v) is 13.3. The van der Waals surface area contributed by atoms with Gasteiger partial charge in [-0.25, -0.2) is 4.39 Å². The molecule has 0 spiro atoms. The summed E-state index contributed by atoms with van der Waals surface area (Å²) in [6, 6.07) is 12.8. The van der Waals surface area contributed by atoms with E-state index < -0.39 is 19.1 Å². The lowest BCUT2D eigenvalue weighted by atomic mass is 10.1. The number of methoxy groups -OCH3 is 1. The van der Waals surface area contributed by atoms with Crippen LogP contribution in [0, 0.1) is 5.82 Å². The fourth-order valence-corrected chi connectivity index (χ4v) is 8.59. The van der Waals surface area contributed by atoms with Crippen LogP contribution in [0.15, 0.2) is 46.9 Å². The lowest BCUT2D eigenvalue weighted by Gasteiger charge is -2.30. The molecule has 0 bridgehead atoms. The Labute approximate surface area is 195 Å². The normalized spacial score (nSPS) is 13.3. The van der Waals surface area contributed by atoms with E-state index in [-0.39, 0.29) is 18.0 Å². The fourth-order valence-electron chi connectivity index (χ4n) is 3.41. The van der Waals surface area contributed by atoms with Gasteiger partial charge < -0.3 is 13.8 Å². The maximum Gasteiger partial charge on any atom is 0.339 e. The van der Waals surface area contributed by atoms with Crippen molar-refractivity contribution in [2.75, 3.05) is 7.11 Å². The molecule has 1 atom stereocenters. The Hall–Kier alpha value is -1.24. The molecule has 3 aromatic rings. The third kappa shape index (κ3) is 5.58. The Morgan fingerprint density at radius 3 is 2.26 bits per heavy atom. The number of thiophene rings is 1. The largest absolute Gasteiger partial charge is 0.494 e. The number of rotatable bonds is 9. The number of fused-ring (bicyclic) bond motifs is 1. The van der Waals surface area contributed by atoms with Crippen molar-refractivity contribution < 1.29 is 22.7 Å². The van der Waals surface area contributed by atoms with E-state index in [1.54, 1.807) is 23.5 Å². The quantitative estimate of drug-likeness (QED) is 0.263. The molecule has 8 heteroatoms. The standard InChI is InChI=1S/C23H27BrFO4PS/c1-14(2)28-30(26,29-15(3)4)20(13-16-10-11-19(27-5)18(25)12-16)23-22(24)17-8-6-7-9-21(17)31-23/h6-12,14-15,20H,13H2,1-5H3. The summed E-state index contributed by atoms with van der Waals surface area (Å²) >= 11 is 5.26. The van der Waals surface area contributed by atoms with Crippen LogP contribution in [-0.2, 0) is 20.0 Å². The number of benzene rings is 2. The van der Waals surface area contributed by atoms with E-state index in [2.05, 4.69) is 15.9 Å². The van der Waals surface area contributed by atoms with E-state index in [1.807, 2.05) is 52.0 Å². The molecule has 4 nitrogen and oxygen atoms in total. The molecule has 168 valence electrons. The van der Waals surface area contributed by atoms with E-state index in [0.29, 0.717) is 12.0 Å². The molecular weight excluding hydrogens is 502 g/mol. The second-order valence-corrected chi connectivity index (χ2v) is 11.8. The Kier molecular flexibility index (Phi) is 7.98. The summed E-state index contributed by atoms with van der Waals surface area (Å²) in [4.78, 5) is 0.863. The summed E-state index contributed by atoms with van der Waals surface area (Å²) in [5.41, 5.74) is 0.0875. The van der Waals surface area contributed by atoms with Crippen molar-refractivity contribution in [1.82, 2.24) is 0 Å². The fraction of sp³-hybridized carbons (Fsp3) is 0.391. The SMILES string of the molecule is COc1ccc(CC(c2sc3ccccc3c2Br)P(=O)(OC(C)C)OC(C)C)cc1F. The van der Waals surface area contributed by atoms with Gasteiger partial charge in [-0.1, -0.05) is 24.3 Å². The van der Waals surface area contributed by atoms with Crippen molar-refractivity contribution in [1.29, 1.82) is 0 Å². The molecule has 0 N–H and O–H groups in total. The molecule has 0 saturated heterocycles. The maximum atomic E-state index is 14.4. The first kappa shape index (κ1) is 24.4. The monoisotopic (exact) mass is 528 g/mol. The summed E-state index contributed by atoms with van der Waals surface area (Å²) in [5, 5.41) is 1.04. The lowest BCUT2D eigenvalue weighted by Crippen LogP contribution is -2.15. The summed E-state index contributed by atoms with van der Waals surface area (Å²) in [6.45, 7) is 7.33. The van der Waals surface area contributed by atoms with Crippen LogP contribution in [0.25, 0.3) is 10.1 Å². The zero-order chi connectivity index (χ0) is 22.8. The van der Waals surface area contributed by atoms with Crippen molar-refractivity contribution in [3.8, 4) is 5.75 Å². The lowest BCUT2D eigenvalue weighted by molar-refractivity contribution is 0.136. The number of ether oxygens (including phenoxy) is 1. The average Bonchev–Trinajstić information content (AvgIpc) is 3.01. The van der Waals surface area contributed by atoms with Crippen LogP contribution in [-0.4, -0.2) is 19.3 Å². The van der Waals surface area contributed by atoms with Gasteiger partial charge in [0.05, 0.1) is 19.3 Å². The van der Waals surface area contributed by atoms with Gasteiger partial charge in [0, 0.05) is 19.4 Å². The molecule has 0 fully saturated rings. The van der Waals surface area contributed by atoms with Gasteiger partial charge in [-0.2, -0.15) is 0 Å². The highest BCUT2D eigenvalue weighted by Crippen LogP contribution is 2.66. The Morgan fingerprint density at radius 2 is 1.71 bits per heavy atom. The van der Waals surface area contributed by atoms with E-state index in [9.17, 15) is 8.96 Å². The first-order chi connectivity index (χ1) is 14.6. The predicted octanol–water partition coefficient (Wildman–Crippen LogP) is 8.14. The molecule has 1 heterocycles. The summed E-state index contributed by atoms with van der Waals surface area (Å²) in [5.74, 6) is -0.290. The van der Waals surface area contributed by atoms with Gasteiger partial charge in [-0.05, 0) is 73.8 Å². The molecule has 3 rings (SSSR count). The second kappa shape index (κ2) is 10.1. The van der Waals surface area contributed by atoms with Crippen molar-refractivity contribution >= 4 is 44.9 Å². The van der Waals surface area contributed by atoms with Crippen LogP contribution < -0.4 is 4.74 Å². The van der Waals surface area contributed by atoms with Gasteiger partial charge in [0.25, 0.3) is 0 Å². The molecule has 2 aromatic carbocycles. The summed E-state index contributed by atoms with van der Waals surface area (Å²) in [6.07, 6.45) is -0.302. The van der Waals surface area contributed by atoms with Gasteiger partial charge in [0.15, 0.2) is 11.6 Å². The zero-order valence-electron chi connectivity index (χ0n) is 18.2. The number of halogens is 2. The highest BCUT2D eigenvalue weighted by atomic mass is 79.9. The van der Waals surface area contributed by atoms with Crippen LogP contribution >= 0.6 is 34.9 Å². The van der Waals surface area contributed by atoms with Crippen LogP contribution in [0.3, 0.4) is 0 Å². The molecule has 1 unspecified atom stereocenters. The Bertz CT molecular complexity index is 1080. The van der Waals surface area contributed by atoms with Gasteiger partial charge in [-0.3, -0.25) is 4.57 Å². The molecule has 1 aromatic heterocycles. The third-order valence-electron chi connectivity index (χ3n) is 4.60. The Morgan fingerprint density at radius 1 is 1.06 bits per heavy atom. The van der Waals surface area contributed by atoms with Gasteiger partial charge in [0.1, 0.15) is 5.66 Å². The molecule has 0 aliphatic carbocycles. The van der Waals surface area contributed by atoms with Gasteiger partial charge >= 0.3 is 7.60 Å². The first-order valence-electron chi connectivity index (χ1n) is 10.1. The smallest absolute Gasteiger partial charge is 0.339 e. The van der Waals surface area contributed by atoms with Crippen molar-refractivity contribution in [3.05, 3.63) is 63.2 Å². The predicted molar refractivity (Wildman–Crippen MR) is 129 cm³/mol. The average molecular weight is 529 g/mol. The minimum atomic E-state index is -3.62. The van der Waals surface area contributed by atoms with Gasteiger partial charge in [0.2, 0.25) is 0 Å². The molecule has 0 aliphatic rings. The van der Waals surface area contributed by atoms with Gasteiger partial charge in [-0.15, -0.1) is 11.3 Å². The van der Waals surface area contributed by atoms with E-state index in [1.165, 1.54) is 13.2 Å². The summed E-state index contributed by atoms with van der Waals surface area (Å²) in [7, 11) is -2.19. The molecule has 0 aliphatic heterocycles. The van der Waals surface area contributed by atoms with Crippen LogP contribution in [0.1, 0.15) is 43.8 Å². The highest BCUT2D eigenvalue weighted by molar-refractivity contribution is 9.10. The minimum absolute atomic E-state index is 0.170.